The Labute approximate surface area is 187 Å². The number of anilines is 1. The van der Waals surface area contributed by atoms with Crippen LogP contribution in [-0.4, -0.2) is 47.8 Å². The lowest BCUT2D eigenvalue weighted by Gasteiger charge is -2.34. The van der Waals surface area contributed by atoms with Gasteiger partial charge in [0.1, 0.15) is 0 Å². The number of para-hydroxylation sites is 1. The van der Waals surface area contributed by atoms with Gasteiger partial charge in [-0.25, -0.2) is 0 Å². The second-order valence-electron chi connectivity index (χ2n) is 8.17. The maximum Gasteiger partial charge on any atom is 0.251 e. The highest BCUT2D eigenvalue weighted by Crippen LogP contribution is 2.26. The van der Waals surface area contributed by atoms with Crippen LogP contribution in [0.3, 0.4) is 0 Å². The van der Waals surface area contributed by atoms with Crippen molar-refractivity contribution >= 4 is 40.1 Å². The number of aromatic nitrogens is 2. The Morgan fingerprint density at radius 3 is 2.58 bits per heavy atom. The van der Waals surface area contributed by atoms with Crippen LogP contribution in [0.15, 0.2) is 51.8 Å². The van der Waals surface area contributed by atoms with Gasteiger partial charge >= 0.3 is 0 Å². The number of aryl methyl sites for hydroxylation is 1. The van der Waals surface area contributed by atoms with E-state index in [0.29, 0.717) is 0 Å². The Kier molecular flexibility index (Phi) is 6.03. The van der Waals surface area contributed by atoms with E-state index in [0.717, 1.165) is 78.0 Å². The molecule has 0 spiro atoms. The molecule has 3 heterocycles. The molecule has 0 unspecified atom stereocenters. The molecule has 1 N–H and O–H groups in total. The van der Waals surface area contributed by atoms with E-state index in [2.05, 4.69) is 38.1 Å². The van der Waals surface area contributed by atoms with Crippen LogP contribution in [0.4, 0.5) is 5.82 Å². The van der Waals surface area contributed by atoms with Crippen molar-refractivity contribution in [2.75, 3.05) is 37.6 Å². The topological polar surface area (TPSA) is 65.4 Å². The average Bonchev–Trinajstić information content (AvgIpc) is 3.21. The number of hydrogen-bond acceptors (Lipinski definition) is 5. The summed E-state index contributed by atoms with van der Waals surface area (Å²) in [7, 11) is 0. The van der Waals surface area contributed by atoms with E-state index in [9.17, 15) is 4.79 Å². The molecular weight excluding hydrogens is 412 g/mol. The number of H-pyrrole nitrogens is 1. The van der Waals surface area contributed by atoms with Crippen LogP contribution in [-0.2, 0) is 6.42 Å². The van der Waals surface area contributed by atoms with Gasteiger partial charge in [0, 0.05) is 49.2 Å². The number of fused-ring (bicyclic) bond motifs is 2. The number of aromatic amines is 1. The lowest BCUT2D eigenvalue weighted by Crippen LogP contribution is -2.47. The molecule has 4 aromatic rings. The van der Waals surface area contributed by atoms with Crippen molar-refractivity contribution in [1.29, 1.82) is 0 Å². The van der Waals surface area contributed by atoms with Crippen LogP contribution in [0.1, 0.15) is 16.7 Å². The fourth-order valence-corrected chi connectivity index (χ4v) is 4.33. The summed E-state index contributed by atoms with van der Waals surface area (Å²) in [5, 5.41) is 6.53. The molecule has 0 bridgehead atoms. The van der Waals surface area contributed by atoms with Gasteiger partial charge in [0.05, 0.1) is 5.39 Å². The first-order valence-electron chi connectivity index (χ1n) is 10.5. The van der Waals surface area contributed by atoms with Gasteiger partial charge in [0.15, 0.2) is 11.4 Å². The Balaban J connectivity index is 0.00000231. The molecule has 1 saturated heterocycles. The Bertz CT molecular complexity index is 1270. The lowest BCUT2D eigenvalue weighted by molar-refractivity contribution is 0.259. The quantitative estimate of drug-likeness (QED) is 0.520. The largest absolute Gasteiger partial charge is 0.354 e. The molecule has 0 atom stereocenters. The van der Waals surface area contributed by atoms with Gasteiger partial charge < -0.3 is 14.4 Å². The number of rotatable bonds is 4. The third-order valence-corrected chi connectivity index (χ3v) is 6.39. The van der Waals surface area contributed by atoms with Gasteiger partial charge in [-0.3, -0.25) is 9.69 Å². The van der Waals surface area contributed by atoms with E-state index in [1.165, 1.54) is 5.56 Å². The first-order chi connectivity index (χ1) is 14.6. The van der Waals surface area contributed by atoms with Crippen molar-refractivity contribution in [2.45, 2.75) is 20.3 Å². The number of nitrogens with zero attached hydrogens (tertiary/aromatic N) is 3. The summed E-state index contributed by atoms with van der Waals surface area (Å²) in [6.07, 6.45) is 1.00. The van der Waals surface area contributed by atoms with E-state index in [-0.39, 0.29) is 18.0 Å². The fourth-order valence-electron chi connectivity index (χ4n) is 4.33. The van der Waals surface area contributed by atoms with Crippen LogP contribution in [0.5, 0.6) is 0 Å². The zero-order valence-corrected chi connectivity index (χ0v) is 18.7. The van der Waals surface area contributed by atoms with Gasteiger partial charge in [-0.15, -0.1) is 12.4 Å². The van der Waals surface area contributed by atoms with Gasteiger partial charge in [-0.2, -0.15) is 0 Å². The first-order valence-corrected chi connectivity index (χ1v) is 10.5. The third kappa shape index (κ3) is 4.05. The number of halogens is 1. The Morgan fingerprint density at radius 2 is 1.77 bits per heavy atom. The van der Waals surface area contributed by atoms with Crippen molar-refractivity contribution in [3.05, 3.63) is 69.5 Å². The highest BCUT2D eigenvalue weighted by atomic mass is 35.5. The predicted octanol–water partition coefficient (Wildman–Crippen LogP) is 4.07. The van der Waals surface area contributed by atoms with E-state index in [1.54, 1.807) is 0 Å². The second kappa shape index (κ2) is 8.73. The van der Waals surface area contributed by atoms with Crippen LogP contribution in [0.25, 0.3) is 21.9 Å². The molecule has 2 aromatic heterocycles. The molecule has 7 heteroatoms. The lowest BCUT2D eigenvalue weighted by atomic mass is 10.0. The minimum atomic E-state index is 0. The number of nitrogens with one attached hydrogen (secondary N) is 1. The van der Waals surface area contributed by atoms with Crippen LogP contribution in [0.2, 0.25) is 0 Å². The Hall–Kier alpha value is -2.83. The zero-order chi connectivity index (χ0) is 20.7. The smallest absolute Gasteiger partial charge is 0.251 e. The summed E-state index contributed by atoms with van der Waals surface area (Å²) < 4.78 is 5.47. The second-order valence-corrected chi connectivity index (χ2v) is 8.17. The van der Waals surface area contributed by atoms with E-state index < -0.39 is 0 Å². The number of piperazine rings is 1. The van der Waals surface area contributed by atoms with Crippen molar-refractivity contribution in [3.8, 4) is 0 Å². The van der Waals surface area contributed by atoms with Crippen LogP contribution < -0.4 is 10.5 Å². The minimum Gasteiger partial charge on any atom is -0.354 e. The average molecular weight is 439 g/mol. The van der Waals surface area contributed by atoms with E-state index in [4.69, 9.17) is 4.52 Å². The molecule has 1 aliphatic rings. The molecule has 0 saturated carbocycles. The summed E-state index contributed by atoms with van der Waals surface area (Å²) in [5.41, 5.74) is 4.95. The summed E-state index contributed by atoms with van der Waals surface area (Å²) in [6.45, 7) is 8.88. The van der Waals surface area contributed by atoms with Crippen molar-refractivity contribution in [3.63, 3.8) is 0 Å². The molecular formula is C24H27ClN4O2. The molecule has 1 fully saturated rings. The van der Waals surface area contributed by atoms with Gasteiger partial charge in [0.25, 0.3) is 5.56 Å². The summed E-state index contributed by atoms with van der Waals surface area (Å²) in [6, 6.07) is 14.4. The molecule has 5 rings (SSSR count). The predicted molar refractivity (Wildman–Crippen MR) is 128 cm³/mol. The molecule has 0 amide bonds. The number of benzene rings is 2. The highest BCUT2D eigenvalue weighted by molar-refractivity contribution is 5.88. The third-order valence-electron chi connectivity index (χ3n) is 6.39. The van der Waals surface area contributed by atoms with Gasteiger partial charge in [-0.1, -0.05) is 23.4 Å². The minimum absolute atomic E-state index is 0. The maximum absolute atomic E-state index is 12.0. The van der Waals surface area contributed by atoms with E-state index >= 15 is 0 Å². The summed E-state index contributed by atoms with van der Waals surface area (Å²) >= 11 is 0. The van der Waals surface area contributed by atoms with Crippen LogP contribution >= 0.6 is 12.4 Å². The maximum atomic E-state index is 12.0. The van der Waals surface area contributed by atoms with E-state index in [1.807, 2.05) is 38.1 Å². The van der Waals surface area contributed by atoms with Crippen LogP contribution in [0, 0.1) is 13.8 Å². The molecule has 1 aliphatic heterocycles. The molecule has 31 heavy (non-hydrogen) atoms. The van der Waals surface area contributed by atoms with Crippen molar-refractivity contribution in [2.24, 2.45) is 0 Å². The number of hydrogen-bond donors (Lipinski definition) is 1. The first kappa shape index (κ1) is 21.4. The van der Waals surface area contributed by atoms with Gasteiger partial charge in [-0.05, 0) is 55.7 Å². The molecule has 2 aromatic carbocycles. The highest BCUT2D eigenvalue weighted by Gasteiger charge is 2.21. The summed E-state index contributed by atoms with van der Waals surface area (Å²) in [4.78, 5) is 19.8. The molecule has 162 valence electrons. The monoisotopic (exact) mass is 438 g/mol. The fraction of sp³-hybridized carbons (Fsp3) is 0.333. The van der Waals surface area contributed by atoms with Crippen molar-refractivity contribution in [1.82, 2.24) is 15.0 Å². The van der Waals surface area contributed by atoms with Crippen molar-refractivity contribution < 1.29 is 4.52 Å². The number of pyridine rings is 1. The standard InChI is InChI=1S/C24H26N4O2.ClH/c1-16-17(2)24(29)25-21-8-7-18(15-20(16)21)9-10-27-11-13-28(14-12-27)23-19-5-3-4-6-22(19)30-26-23;/h3-8,15H,9-14H2,1-2H3,(H,25,29);1H. The Morgan fingerprint density at radius 1 is 1.00 bits per heavy atom. The zero-order valence-electron chi connectivity index (χ0n) is 17.9. The normalized spacial score (nSPS) is 14.8. The summed E-state index contributed by atoms with van der Waals surface area (Å²) in [5.74, 6) is 0.958. The molecule has 0 aliphatic carbocycles. The molecule has 6 nitrogen and oxygen atoms in total. The van der Waals surface area contributed by atoms with Gasteiger partial charge in [0.2, 0.25) is 0 Å². The molecule has 0 radical (unpaired) electrons. The SMILES string of the molecule is Cc1c(C)c2cc(CCN3CCN(c4noc5ccccc45)CC3)ccc2[nH]c1=O.Cl.